The van der Waals surface area contributed by atoms with Gasteiger partial charge in [-0.3, -0.25) is 17.6 Å². The minimum atomic E-state index is -1.96. The van der Waals surface area contributed by atoms with Crippen molar-refractivity contribution in [2.45, 2.75) is 79.5 Å². The van der Waals surface area contributed by atoms with E-state index in [1.807, 2.05) is 77.7 Å². The summed E-state index contributed by atoms with van der Waals surface area (Å²) in [5, 5.41) is 32.9. The van der Waals surface area contributed by atoms with Gasteiger partial charge in [0.05, 0.1) is 24.8 Å². The number of aromatic nitrogens is 10. The van der Waals surface area contributed by atoms with E-state index in [9.17, 15) is 0 Å². The number of amidine groups is 1. The summed E-state index contributed by atoms with van der Waals surface area (Å²) in [6.45, 7) is 25.7. The van der Waals surface area contributed by atoms with Crippen LogP contribution in [0.15, 0.2) is 136 Å². The number of nitrogens with zero attached hydrogens (tertiary/aromatic N) is 13. The van der Waals surface area contributed by atoms with Gasteiger partial charge >= 0.3 is 102 Å². The third-order valence-electron chi connectivity index (χ3n) is 11.6. The zero-order chi connectivity index (χ0) is 52.0. The van der Waals surface area contributed by atoms with Crippen LogP contribution in [-0.2, 0) is 0 Å². The van der Waals surface area contributed by atoms with E-state index in [1.165, 1.54) is 51.8 Å². The Morgan fingerprint density at radius 3 is 1.61 bits per heavy atom. The van der Waals surface area contributed by atoms with Crippen molar-refractivity contribution in [3.05, 3.63) is 173 Å². The maximum atomic E-state index is 8.75. The van der Waals surface area contributed by atoms with Crippen molar-refractivity contribution in [1.82, 2.24) is 47.7 Å². The van der Waals surface area contributed by atoms with E-state index in [4.69, 9.17) is 32.6 Å². The van der Waals surface area contributed by atoms with Gasteiger partial charge < -0.3 is 15.5 Å². The second-order valence-electron chi connectivity index (χ2n) is 16.5. The SMILES string of the molecule is C=Cc1ccc2ncc(-c3noc(C)n3)n2c1.C=Cc1ccc2ncc(/C(N)=N/O)n2c1.C=Cc1ccc2ncc(C#N)n2c1.N#Cc1cnc2ccc(Br)cn12.[CH+]=[CH][Sn]([CH2]CCC)([CH2]CCC)[CH2]CCC. The summed E-state index contributed by atoms with van der Waals surface area (Å²) < 4.78 is 19.8. The number of unbranched alkanes of at least 4 members (excludes halogenated alkanes) is 3. The summed E-state index contributed by atoms with van der Waals surface area (Å²) in [5.74, 6) is 1.11. The molecule has 368 valence electrons. The van der Waals surface area contributed by atoms with Crippen LogP contribution >= 0.6 is 15.9 Å². The van der Waals surface area contributed by atoms with Crippen LogP contribution in [0.5, 0.6) is 0 Å². The first-order chi connectivity index (χ1) is 34.9. The molecular formula is C54H60BrN14O2Sn+. The van der Waals surface area contributed by atoms with Crippen LogP contribution < -0.4 is 5.73 Å². The van der Waals surface area contributed by atoms with Crippen molar-refractivity contribution in [3.8, 4) is 23.7 Å². The van der Waals surface area contributed by atoms with Gasteiger partial charge in [-0.2, -0.15) is 15.5 Å². The van der Waals surface area contributed by atoms with Crippen LogP contribution in [0.4, 0.5) is 0 Å². The van der Waals surface area contributed by atoms with Crippen LogP contribution in [0.2, 0.25) is 13.3 Å². The van der Waals surface area contributed by atoms with Crippen molar-refractivity contribution in [3.63, 3.8) is 0 Å². The molecule has 0 saturated carbocycles. The number of fused-ring (bicyclic) bond motifs is 4. The van der Waals surface area contributed by atoms with Crippen LogP contribution in [-0.4, -0.2) is 77.1 Å². The van der Waals surface area contributed by atoms with Gasteiger partial charge in [0.15, 0.2) is 5.84 Å². The number of nitriles is 2. The third kappa shape index (κ3) is 14.4. The Labute approximate surface area is 432 Å². The van der Waals surface area contributed by atoms with E-state index >= 15 is 0 Å². The van der Waals surface area contributed by atoms with Gasteiger partial charge in [0.1, 0.15) is 57.5 Å². The molecule has 0 aliphatic heterocycles. The molecule has 16 nitrogen and oxygen atoms in total. The summed E-state index contributed by atoms with van der Waals surface area (Å²) in [7, 11) is 0. The van der Waals surface area contributed by atoms with Gasteiger partial charge in [-0.25, -0.2) is 19.9 Å². The molecule has 0 aliphatic rings. The number of pyridine rings is 4. The summed E-state index contributed by atoms with van der Waals surface area (Å²) >= 11 is 1.36. The Morgan fingerprint density at radius 1 is 0.708 bits per heavy atom. The van der Waals surface area contributed by atoms with Gasteiger partial charge in [0.2, 0.25) is 11.7 Å². The molecule has 9 rings (SSSR count). The van der Waals surface area contributed by atoms with Crippen molar-refractivity contribution in [2.75, 3.05) is 0 Å². The molecule has 9 aromatic rings. The zero-order valence-electron chi connectivity index (χ0n) is 41.2. The van der Waals surface area contributed by atoms with Gasteiger partial charge in [-0.05, 0) is 81.2 Å². The fourth-order valence-electron chi connectivity index (χ4n) is 7.49. The van der Waals surface area contributed by atoms with Crippen molar-refractivity contribution in [1.29, 1.82) is 10.5 Å². The molecule has 0 aliphatic carbocycles. The normalized spacial score (nSPS) is 10.9. The number of hydrogen-bond donors (Lipinski definition) is 2. The predicted molar refractivity (Wildman–Crippen MR) is 292 cm³/mol. The number of hydrogen-bond acceptors (Lipinski definition) is 11. The molecular weight excluding hydrogens is 1080 g/mol. The summed E-state index contributed by atoms with van der Waals surface area (Å²) in [6, 6.07) is 19.3. The number of rotatable bonds is 15. The van der Waals surface area contributed by atoms with Gasteiger partial charge in [-0.1, -0.05) is 48.3 Å². The molecule has 9 aromatic heterocycles. The molecule has 9 heterocycles. The first kappa shape index (κ1) is 55.2. The Balaban J connectivity index is 0.000000168. The summed E-state index contributed by atoms with van der Waals surface area (Å²) in [6.07, 6.45) is 27.3. The number of imidazole rings is 4. The van der Waals surface area contributed by atoms with E-state index in [0.717, 1.165) is 49.4 Å². The molecule has 18 heteroatoms. The summed E-state index contributed by atoms with van der Waals surface area (Å²) in [4.78, 5) is 20.7. The Hall–Kier alpha value is -7.70. The summed E-state index contributed by atoms with van der Waals surface area (Å²) in [5.41, 5.74) is 14.0. The number of halogens is 1. The fraction of sp³-hybridized carbons (Fsp3) is 0.241. The second kappa shape index (κ2) is 27.6. The first-order valence-electron chi connectivity index (χ1n) is 23.5. The average Bonchev–Trinajstić information content (AvgIpc) is 4.29. The quantitative estimate of drug-likeness (QED) is 0.0246. The number of nitrogens with two attached hydrogens (primary N) is 1. The molecule has 0 saturated heterocycles. The zero-order valence-corrected chi connectivity index (χ0v) is 45.7. The minimum absolute atomic E-state index is 0.0312. The van der Waals surface area contributed by atoms with E-state index in [1.54, 1.807) is 63.1 Å². The topological polar surface area (TPSA) is 214 Å². The van der Waals surface area contributed by atoms with Crippen molar-refractivity contribution >= 4 is 81.0 Å². The number of aryl methyl sites for hydroxylation is 1. The monoisotopic (exact) mass is 1140 g/mol. The van der Waals surface area contributed by atoms with Gasteiger partial charge in [0, 0.05) is 36.2 Å². The molecule has 0 amide bonds. The second-order valence-corrected chi connectivity index (χ2v) is 30.4. The molecule has 0 atom stereocenters. The first-order valence-corrected chi connectivity index (χ1v) is 32.0. The molecule has 0 aromatic carbocycles. The number of oxime groups is 1. The van der Waals surface area contributed by atoms with Crippen LogP contribution in [0.1, 0.15) is 99.0 Å². The maximum absolute atomic E-state index is 8.75. The third-order valence-corrected chi connectivity index (χ3v) is 25.6. The van der Waals surface area contributed by atoms with Crippen LogP contribution in [0.25, 0.3) is 52.3 Å². The van der Waals surface area contributed by atoms with E-state index < -0.39 is 18.4 Å². The fourth-order valence-corrected chi connectivity index (χ4v) is 20.5. The van der Waals surface area contributed by atoms with Crippen LogP contribution in [0, 0.1) is 36.2 Å². The molecule has 0 fully saturated rings. The molecule has 0 radical (unpaired) electrons. The van der Waals surface area contributed by atoms with Crippen molar-refractivity contribution < 1.29 is 9.73 Å². The average molecular weight is 1140 g/mol. The van der Waals surface area contributed by atoms with Crippen molar-refractivity contribution in [2.24, 2.45) is 10.9 Å². The predicted octanol–water partition coefficient (Wildman–Crippen LogP) is 12.6. The molecule has 0 unspecified atom stereocenters. The van der Waals surface area contributed by atoms with E-state index in [0.29, 0.717) is 28.8 Å². The standard InChI is InChI=1S/C12H10N4O.C10H10N4O.C10H7N3.C8H4BrN3.3C4H9.C2H2.Sn/c1-3-9-4-5-11-13-6-10(16(11)7-9)12-14-8(2)17-15-12;1-2-7-3-4-9-12-5-8(10(11)13-15)14(9)6-7;1-2-8-3-4-10-12-6-9(5-11)13(10)7-8;9-6-1-2-8-11-4-7(3-10)12(8)5-6;3*1-3-4-2;1-2;/h3-7H,1H2,2H3;2-6,15H,1H2,(H2,11,13);2-4,6-7H,1H2;1-2,4-5H;3*1,3-4H2,2H3;1-2H;/q;;;;;;;+1;. The van der Waals surface area contributed by atoms with E-state index in [-0.39, 0.29) is 5.84 Å². The molecule has 3 N–H and O–H groups in total. The van der Waals surface area contributed by atoms with Gasteiger partial charge in [-0.15, -0.1) is 0 Å². The Bertz CT molecular complexity index is 3340. The molecule has 0 bridgehead atoms. The Kier molecular flexibility index (Phi) is 21.2. The molecule has 0 spiro atoms. The molecule has 72 heavy (non-hydrogen) atoms. The Morgan fingerprint density at radius 2 is 1.15 bits per heavy atom. The van der Waals surface area contributed by atoms with Gasteiger partial charge in [0.25, 0.3) is 0 Å². The van der Waals surface area contributed by atoms with Crippen LogP contribution in [0.3, 0.4) is 0 Å². The van der Waals surface area contributed by atoms with E-state index in [2.05, 4.69) is 108 Å².